The number of hydrogen-bond donors (Lipinski definition) is 1. The van der Waals surface area contributed by atoms with Crippen molar-refractivity contribution >= 4 is 28.9 Å². The molecule has 34 heavy (non-hydrogen) atoms. The fourth-order valence-electron chi connectivity index (χ4n) is 2.70. The van der Waals surface area contributed by atoms with Crippen molar-refractivity contribution in [1.29, 1.82) is 0 Å². The summed E-state index contributed by atoms with van der Waals surface area (Å²) >= 11 is 0. The summed E-state index contributed by atoms with van der Waals surface area (Å²) in [6.45, 7) is 5.41. The first kappa shape index (κ1) is 24.2. The Hall–Kier alpha value is -4.46. The van der Waals surface area contributed by atoms with E-state index in [0.29, 0.717) is 33.9 Å². The lowest BCUT2D eigenvalue weighted by atomic mass is 10.2. The number of rotatable bonds is 10. The van der Waals surface area contributed by atoms with Gasteiger partial charge in [0.15, 0.2) is 0 Å². The topological polar surface area (TPSA) is 98.6 Å². The number of amides is 1. The number of ether oxygens (including phenoxy) is 3. The Morgan fingerprint density at radius 3 is 1.94 bits per heavy atom. The van der Waals surface area contributed by atoms with Crippen LogP contribution < -0.4 is 14.8 Å². The minimum Gasteiger partial charge on any atom is -0.497 e. The molecule has 0 aliphatic heterocycles. The third kappa shape index (κ3) is 7.30. The zero-order valence-electron chi connectivity index (χ0n) is 19.0. The van der Waals surface area contributed by atoms with E-state index in [1.165, 1.54) is 0 Å². The Balaban J connectivity index is 1.48. The summed E-state index contributed by atoms with van der Waals surface area (Å²) in [5.41, 5.74) is 2.81. The minimum absolute atomic E-state index is 0.115. The zero-order valence-corrected chi connectivity index (χ0v) is 19.0. The largest absolute Gasteiger partial charge is 0.497 e. The molecule has 0 fully saturated rings. The maximum atomic E-state index is 12.5. The quantitative estimate of drug-likeness (QED) is 0.177. The Bertz CT molecular complexity index is 1150. The predicted molar refractivity (Wildman–Crippen MR) is 129 cm³/mol. The van der Waals surface area contributed by atoms with Crippen LogP contribution in [0.3, 0.4) is 0 Å². The number of nitrogens with one attached hydrogen (secondary N) is 1. The van der Waals surface area contributed by atoms with Gasteiger partial charge in [-0.05, 0) is 79.7 Å². The number of benzene rings is 3. The van der Waals surface area contributed by atoms with E-state index < -0.39 is 5.97 Å². The molecule has 0 aliphatic rings. The second kappa shape index (κ2) is 12.0. The van der Waals surface area contributed by atoms with Gasteiger partial charge in [-0.15, -0.1) is 0 Å². The number of esters is 1. The molecule has 1 amide bonds. The summed E-state index contributed by atoms with van der Waals surface area (Å²) in [5.74, 6) is 0.607. The Labute approximate surface area is 197 Å². The number of nitrogens with zero attached hydrogens (tertiary/aromatic N) is 2. The first-order valence-corrected chi connectivity index (χ1v) is 10.5. The lowest BCUT2D eigenvalue weighted by molar-refractivity contribution is -0.139. The lowest BCUT2D eigenvalue weighted by Crippen LogP contribution is -2.13. The first-order chi connectivity index (χ1) is 16.4. The van der Waals surface area contributed by atoms with Gasteiger partial charge in [-0.25, -0.2) is 4.79 Å². The Kier molecular flexibility index (Phi) is 8.51. The van der Waals surface area contributed by atoms with E-state index in [4.69, 9.17) is 14.2 Å². The monoisotopic (exact) mass is 459 g/mol. The van der Waals surface area contributed by atoms with Crippen molar-refractivity contribution in [2.24, 2.45) is 10.2 Å². The summed E-state index contributed by atoms with van der Waals surface area (Å²) in [6, 6.07) is 21.0. The molecule has 0 radical (unpaired) electrons. The molecule has 0 spiro atoms. The van der Waals surface area contributed by atoms with Gasteiger partial charge < -0.3 is 19.5 Å². The molecule has 0 aliphatic carbocycles. The van der Waals surface area contributed by atoms with Gasteiger partial charge in [0, 0.05) is 16.8 Å². The molecule has 8 nitrogen and oxygen atoms in total. The third-order valence-electron chi connectivity index (χ3n) is 4.53. The van der Waals surface area contributed by atoms with Crippen molar-refractivity contribution in [1.82, 2.24) is 0 Å². The Morgan fingerprint density at radius 1 is 0.824 bits per heavy atom. The van der Waals surface area contributed by atoms with Gasteiger partial charge in [0.25, 0.3) is 5.91 Å². The number of methoxy groups -OCH3 is 1. The highest BCUT2D eigenvalue weighted by Gasteiger charge is 2.07. The molecule has 3 aromatic carbocycles. The molecule has 0 aromatic heterocycles. The van der Waals surface area contributed by atoms with E-state index in [1.807, 2.05) is 24.3 Å². The summed E-state index contributed by atoms with van der Waals surface area (Å²) in [7, 11) is 1.61. The molecule has 0 unspecified atom stereocenters. The summed E-state index contributed by atoms with van der Waals surface area (Å²) in [4.78, 5) is 23.8. The van der Waals surface area contributed by atoms with Crippen LogP contribution in [0.4, 0.5) is 17.1 Å². The van der Waals surface area contributed by atoms with E-state index in [0.717, 1.165) is 5.75 Å². The van der Waals surface area contributed by atoms with Crippen LogP contribution in [0.5, 0.6) is 11.5 Å². The maximum Gasteiger partial charge on any atom is 0.333 e. The number of carbonyl (C=O) groups is 2. The van der Waals surface area contributed by atoms with Gasteiger partial charge in [0.05, 0.1) is 18.5 Å². The van der Waals surface area contributed by atoms with Gasteiger partial charge in [-0.1, -0.05) is 6.58 Å². The van der Waals surface area contributed by atoms with E-state index in [9.17, 15) is 9.59 Å². The van der Waals surface area contributed by atoms with E-state index in [2.05, 4.69) is 22.1 Å². The van der Waals surface area contributed by atoms with Gasteiger partial charge >= 0.3 is 5.97 Å². The van der Waals surface area contributed by atoms with Crippen molar-refractivity contribution in [2.45, 2.75) is 6.92 Å². The van der Waals surface area contributed by atoms with Crippen LogP contribution >= 0.6 is 0 Å². The van der Waals surface area contributed by atoms with Crippen LogP contribution in [0.2, 0.25) is 0 Å². The normalized spacial score (nSPS) is 10.5. The van der Waals surface area contributed by atoms with Crippen molar-refractivity contribution in [2.75, 3.05) is 25.6 Å². The van der Waals surface area contributed by atoms with Crippen molar-refractivity contribution in [3.63, 3.8) is 0 Å². The highest BCUT2D eigenvalue weighted by Crippen LogP contribution is 2.22. The van der Waals surface area contributed by atoms with Gasteiger partial charge in [0.1, 0.15) is 24.7 Å². The number of azo groups is 1. The fourth-order valence-corrected chi connectivity index (χ4v) is 2.70. The Morgan fingerprint density at radius 2 is 1.38 bits per heavy atom. The second-order valence-electron chi connectivity index (χ2n) is 7.19. The molecule has 0 saturated heterocycles. The molecular formula is C26H25N3O5. The van der Waals surface area contributed by atoms with Crippen molar-refractivity contribution in [3.8, 4) is 11.5 Å². The van der Waals surface area contributed by atoms with Crippen LogP contribution in [0.1, 0.15) is 17.3 Å². The van der Waals surface area contributed by atoms with E-state index >= 15 is 0 Å². The third-order valence-corrected chi connectivity index (χ3v) is 4.53. The molecule has 3 aromatic rings. The molecule has 0 saturated carbocycles. The summed E-state index contributed by atoms with van der Waals surface area (Å²) in [5, 5.41) is 11.2. The fraction of sp³-hybridized carbons (Fsp3) is 0.154. The molecule has 0 atom stereocenters. The van der Waals surface area contributed by atoms with Crippen LogP contribution in [-0.4, -0.2) is 32.2 Å². The number of anilines is 1. The molecular weight excluding hydrogens is 434 g/mol. The number of carbonyl (C=O) groups excluding carboxylic acids is 2. The van der Waals surface area contributed by atoms with Crippen molar-refractivity contribution in [3.05, 3.63) is 90.5 Å². The van der Waals surface area contributed by atoms with Gasteiger partial charge in [-0.2, -0.15) is 10.2 Å². The number of hydrogen-bond acceptors (Lipinski definition) is 7. The molecule has 0 heterocycles. The molecule has 8 heteroatoms. The van der Waals surface area contributed by atoms with Crippen LogP contribution in [-0.2, 0) is 9.53 Å². The highest BCUT2D eigenvalue weighted by molar-refractivity contribution is 6.04. The van der Waals surface area contributed by atoms with Crippen molar-refractivity contribution < 1.29 is 23.8 Å². The van der Waals surface area contributed by atoms with Crippen LogP contribution in [0.15, 0.2) is 95.2 Å². The standard InChI is InChI=1S/C26H25N3O5/c1-18(2)26(31)34-17-16-33-24-12-4-19(5-13-24)25(30)27-20-6-8-21(9-7-20)28-29-22-10-14-23(32-3)15-11-22/h4-15H,1,16-17H2,2-3H3,(H,27,30)/b29-28+. The van der Waals surface area contributed by atoms with E-state index in [-0.39, 0.29) is 19.1 Å². The molecule has 0 bridgehead atoms. The SMILES string of the molecule is C=C(C)C(=O)OCCOc1ccc(C(=O)Nc2ccc(/N=N/c3ccc(OC)cc3)cc2)cc1. The zero-order chi connectivity index (χ0) is 24.3. The smallest absolute Gasteiger partial charge is 0.333 e. The van der Waals surface area contributed by atoms with Gasteiger partial charge in [0.2, 0.25) is 0 Å². The average molecular weight is 460 g/mol. The molecule has 3 rings (SSSR count). The second-order valence-corrected chi connectivity index (χ2v) is 7.19. The lowest BCUT2D eigenvalue weighted by Gasteiger charge is -2.09. The highest BCUT2D eigenvalue weighted by atomic mass is 16.6. The molecule has 174 valence electrons. The maximum absolute atomic E-state index is 12.5. The summed E-state index contributed by atoms with van der Waals surface area (Å²) in [6.07, 6.45) is 0. The first-order valence-electron chi connectivity index (χ1n) is 10.5. The van der Waals surface area contributed by atoms with Gasteiger partial charge in [-0.3, -0.25) is 4.79 Å². The van der Waals surface area contributed by atoms with E-state index in [1.54, 1.807) is 62.6 Å². The predicted octanol–water partition coefficient (Wildman–Crippen LogP) is 5.86. The summed E-state index contributed by atoms with van der Waals surface area (Å²) < 4.78 is 15.6. The van der Waals surface area contributed by atoms with Crippen LogP contribution in [0, 0.1) is 0 Å². The molecule has 1 N–H and O–H groups in total. The average Bonchev–Trinajstić information content (AvgIpc) is 2.86. The minimum atomic E-state index is -0.455. The van der Waals surface area contributed by atoms with Crippen LogP contribution in [0.25, 0.3) is 0 Å².